The number of phenols is 1. The Labute approximate surface area is 120 Å². The van der Waals surface area contributed by atoms with E-state index in [-0.39, 0.29) is 24.3 Å². The maximum Gasteiger partial charge on any atom is 0.257 e. The van der Waals surface area contributed by atoms with Crippen molar-refractivity contribution < 1.29 is 15.0 Å². The molecule has 1 saturated carbocycles. The smallest absolute Gasteiger partial charge is 0.257 e. The van der Waals surface area contributed by atoms with Gasteiger partial charge in [-0.15, -0.1) is 0 Å². The third-order valence-electron chi connectivity index (χ3n) is 4.33. The van der Waals surface area contributed by atoms with E-state index in [1.165, 1.54) is 0 Å². The lowest BCUT2D eigenvalue weighted by Crippen LogP contribution is -2.39. The summed E-state index contributed by atoms with van der Waals surface area (Å²) >= 11 is 0. The largest absolute Gasteiger partial charge is 0.507 e. The van der Waals surface area contributed by atoms with Crippen LogP contribution in [0.2, 0.25) is 0 Å². The van der Waals surface area contributed by atoms with E-state index >= 15 is 0 Å². The highest BCUT2D eigenvalue weighted by Crippen LogP contribution is 2.28. The molecule has 0 atom stereocenters. The normalized spacial score (nSPS) is 22.6. The zero-order valence-corrected chi connectivity index (χ0v) is 12.2. The van der Waals surface area contributed by atoms with Crippen molar-refractivity contribution in [1.82, 2.24) is 4.90 Å². The second-order valence-electron chi connectivity index (χ2n) is 5.79. The highest BCUT2D eigenvalue weighted by Gasteiger charge is 2.27. The molecule has 4 nitrogen and oxygen atoms in total. The van der Waals surface area contributed by atoms with E-state index in [4.69, 9.17) is 5.11 Å². The SMILES string of the molecule is Cc1ccc(O)c(C(=O)N(C)C2CCC(CO)CC2)c1. The van der Waals surface area contributed by atoms with Crippen molar-refractivity contribution >= 4 is 5.91 Å². The first kappa shape index (κ1) is 14.9. The molecule has 0 bridgehead atoms. The highest BCUT2D eigenvalue weighted by molar-refractivity contribution is 5.97. The molecule has 2 N–H and O–H groups in total. The predicted molar refractivity (Wildman–Crippen MR) is 77.8 cm³/mol. The first-order valence-corrected chi connectivity index (χ1v) is 7.20. The third-order valence-corrected chi connectivity index (χ3v) is 4.33. The second kappa shape index (κ2) is 6.27. The third kappa shape index (κ3) is 3.12. The van der Waals surface area contributed by atoms with Crippen LogP contribution in [0.5, 0.6) is 5.75 Å². The number of aliphatic hydroxyl groups is 1. The van der Waals surface area contributed by atoms with Crippen LogP contribution in [0.3, 0.4) is 0 Å². The number of aromatic hydroxyl groups is 1. The van der Waals surface area contributed by atoms with E-state index in [2.05, 4.69) is 0 Å². The number of phenolic OH excluding ortho intramolecular Hbond substituents is 1. The number of carbonyl (C=O) groups excluding carboxylic acids is 1. The van der Waals surface area contributed by atoms with Crippen LogP contribution >= 0.6 is 0 Å². The molecule has 1 aromatic carbocycles. The highest BCUT2D eigenvalue weighted by atomic mass is 16.3. The molecule has 1 aromatic rings. The number of carbonyl (C=O) groups is 1. The number of aliphatic hydroxyl groups excluding tert-OH is 1. The summed E-state index contributed by atoms with van der Waals surface area (Å²) in [5, 5.41) is 19.0. The van der Waals surface area contributed by atoms with E-state index in [9.17, 15) is 9.90 Å². The number of amides is 1. The van der Waals surface area contributed by atoms with Gasteiger partial charge in [-0.25, -0.2) is 0 Å². The van der Waals surface area contributed by atoms with Gasteiger partial charge in [-0.05, 0) is 50.7 Å². The first-order chi connectivity index (χ1) is 9.52. The molecule has 0 radical (unpaired) electrons. The van der Waals surface area contributed by atoms with Crippen molar-refractivity contribution in [1.29, 1.82) is 0 Å². The van der Waals surface area contributed by atoms with Crippen molar-refractivity contribution in [3.05, 3.63) is 29.3 Å². The van der Waals surface area contributed by atoms with Gasteiger partial charge < -0.3 is 15.1 Å². The number of rotatable bonds is 3. The van der Waals surface area contributed by atoms with Gasteiger partial charge in [0.25, 0.3) is 5.91 Å². The molecule has 0 aliphatic heterocycles. The van der Waals surface area contributed by atoms with Crippen LogP contribution in [0.1, 0.15) is 41.6 Å². The summed E-state index contributed by atoms with van der Waals surface area (Å²) in [6.45, 7) is 2.14. The maximum absolute atomic E-state index is 12.5. The molecule has 0 saturated heterocycles. The number of benzene rings is 1. The van der Waals surface area contributed by atoms with Gasteiger partial charge in [0.15, 0.2) is 0 Å². The van der Waals surface area contributed by atoms with Crippen LogP contribution in [-0.4, -0.2) is 40.7 Å². The van der Waals surface area contributed by atoms with Crippen molar-refractivity contribution in [3.8, 4) is 5.75 Å². The molecule has 1 fully saturated rings. The molecule has 110 valence electrons. The van der Waals surface area contributed by atoms with Crippen LogP contribution in [0.15, 0.2) is 18.2 Å². The average molecular weight is 277 g/mol. The van der Waals surface area contributed by atoms with E-state index in [1.54, 1.807) is 30.1 Å². The first-order valence-electron chi connectivity index (χ1n) is 7.20. The lowest BCUT2D eigenvalue weighted by molar-refractivity contribution is 0.0650. The van der Waals surface area contributed by atoms with Crippen molar-refractivity contribution in [2.75, 3.05) is 13.7 Å². The Hall–Kier alpha value is -1.55. The summed E-state index contributed by atoms with van der Waals surface area (Å²) in [4.78, 5) is 14.2. The summed E-state index contributed by atoms with van der Waals surface area (Å²) in [6, 6.07) is 5.29. The minimum absolute atomic E-state index is 0.0384. The minimum atomic E-state index is -0.126. The fourth-order valence-corrected chi connectivity index (χ4v) is 2.89. The summed E-state index contributed by atoms with van der Waals surface area (Å²) in [5.74, 6) is 0.289. The Morgan fingerprint density at radius 3 is 2.55 bits per heavy atom. The monoisotopic (exact) mass is 277 g/mol. The van der Waals surface area contributed by atoms with E-state index < -0.39 is 0 Å². The fraction of sp³-hybridized carbons (Fsp3) is 0.562. The van der Waals surface area contributed by atoms with Gasteiger partial charge in [0.1, 0.15) is 5.75 Å². The zero-order chi connectivity index (χ0) is 14.7. The standard InChI is InChI=1S/C16H23NO3/c1-11-3-8-15(19)14(9-11)16(20)17(2)13-6-4-12(10-18)5-7-13/h3,8-9,12-13,18-19H,4-7,10H2,1-2H3. The Balaban J connectivity index is 2.07. The van der Waals surface area contributed by atoms with Crippen LogP contribution in [0, 0.1) is 12.8 Å². The molecular weight excluding hydrogens is 254 g/mol. The van der Waals surface area contributed by atoms with Crippen molar-refractivity contribution in [2.45, 2.75) is 38.6 Å². The lowest BCUT2D eigenvalue weighted by atomic mass is 9.86. The molecule has 1 aliphatic rings. The molecule has 0 spiro atoms. The Morgan fingerprint density at radius 1 is 1.30 bits per heavy atom. The molecule has 1 aliphatic carbocycles. The molecule has 0 heterocycles. The van der Waals surface area contributed by atoms with Crippen LogP contribution in [0.4, 0.5) is 0 Å². The van der Waals surface area contributed by atoms with Gasteiger partial charge in [-0.3, -0.25) is 4.79 Å². The van der Waals surface area contributed by atoms with E-state index in [1.807, 2.05) is 6.92 Å². The van der Waals surface area contributed by atoms with Gasteiger partial charge in [0.2, 0.25) is 0 Å². The Morgan fingerprint density at radius 2 is 1.95 bits per heavy atom. The van der Waals surface area contributed by atoms with Gasteiger partial charge >= 0.3 is 0 Å². The summed E-state index contributed by atoms with van der Waals surface area (Å²) < 4.78 is 0. The second-order valence-corrected chi connectivity index (χ2v) is 5.79. The number of aryl methyl sites for hydroxylation is 1. The molecule has 4 heteroatoms. The van der Waals surface area contributed by atoms with Gasteiger partial charge in [-0.1, -0.05) is 11.6 Å². The summed E-state index contributed by atoms with van der Waals surface area (Å²) in [7, 11) is 1.80. The summed E-state index contributed by atoms with van der Waals surface area (Å²) in [5.41, 5.74) is 1.33. The molecule has 2 rings (SSSR count). The number of hydrogen-bond donors (Lipinski definition) is 2. The number of hydrogen-bond acceptors (Lipinski definition) is 3. The lowest BCUT2D eigenvalue weighted by Gasteiger charge is -2.34. The number of nitrogens with zero attached hydrogens (tertiary/aromatic N) is 1. The van der Waals surface area contributed by atoms with Gasteiger partial charge in [0, 0.05) is 19.7 Å². The maximum atomic E-state index is 12.5. The van der Waals surface area contributed by atoms with Gasteiger partial charge in [0.05, 0.1) is 5.56 Å². The molecule has 0 unspecified atom stereocenters. The van der Waals surface area contributed by atoms with E-state index in [0.717, 1.165) is 31.2 Å². The van der Waals surface area contributed by atoms with Crippen LogP contribution in [-0.2, 0) is 0 Å². The summed E-state index contributed by atoms with van der Waals surface area (Å²) in [6.07, 6.45) is 3.75. The van der Waals surface area contributed by atoms with E-state index in [0.29, 0.717) is 11.5 Å². The van der Waals surface area contributed by atoms with Crippen LogP contribution < -0.4 is 0 Å². The van der Waals surface area contributed by atoms with Crippen LogP contribution in [0.25, 0.3) is 0 Å². The Bertz CT molecular complexity index is 479. The average Bonchev–Trinajstić information content (AvgIpc) is 2.48. The van der Waals surface area contributed by atoms with Gasteiger partial charge in [-0.2, -0.15) is 0 Å². The molecule has 0 aromatic heterocycles. The van der Waals surface area contributed by atoms with Crippen molar-refractivity contribution in [3.63, 3.8) is 0 Å². The fourth-order valence-electron chi connectivity index (χ4n) is 2.89. The zero-order valence-electron chi connectivity index (χ0n) is 12.2. The molecule has 20 heavy (non-hydrogen) atoms. The quantitative estimate of drug-likeness (QED) is 0.891. The topological polar surface area (TPSA) is 60.8 Å². The van der Waals surface area contributed by atoms with Crippen molar-refractivity contribution in [2.24, 2.45) is 5.92 Å². The molecule has 1 amide bonds. The predicted octanol–water partition coefficient (Wildman–Crippen LogP) is 2.32. The minimum Gasteiger partial charge on any atom is -0.507 e. The Kier molecular flexibility index (Phi) is 4.65. The molecular formula is C16H23NO3.